The fourth-order valence-electron chi connectivity index (χ4n) is 2.98. The van der Waals surface area contributed by atoms with E-state index in [4.69, 9.17) is 14.2 Å². The number of nitrogens with one attached hydrogen (secondary N) is 1. The van der Waals surface area contributed by atoms with Crippen molar-refractivity contribution in [1.82, 2.24) is 5.32 Å². The van der Waals surface area contributed by atoms with E-state index in [0.717, 1.165) is 24.2 Å². The number of benzene rings is 2. The van der Waals surface area contributed by atoms with Crippen LogP contribution in [0.1, 0.15) is 34.8 Å². The van der Waals surface area contributed by atoms with Crippen LogP contribution in [0.2, 0.25) is 0 Å². The molecule has 0 aromatic heterocycles. The van der Waals surface area contributed by atoms with Gasteiger partial charge in [-0.2, -0.15) is 0 Å². The Balaban J connectivity index is 1.53. The summed E-state index contributed by atoms with van der Waals surface area (Å²) in [5, 5.41) is 3.16. The van der Waals surface area contributed by atoms with Crippen LogP contribution < -0.4 is 19.5 Å². The molecule has 2 aromatic carbocycles. The SMILES string of the molecule is COc1ccc([C@@H](NC(=O)c2ccc3c(c2)OCO3)C2CC2)cc1. The molecule has 1 saturated carbocycles. The van der Waals surface area contributed by atoms with Crippen LogP contribution >= 0.6 is 0 Å². The number of amides is 1. The second-order valence-corrected chi connectivity index (χ2v) is 6.13. The molecule has 0 saturated heterocycles. The molecule has 0 bridgehead atoms. The fraction of sp³-hybridized carbons (Fsp3) is 0.316. The zero-order chi connectivity index (χ0) is 16.5. The van der Waals surface area contributed by atoms with E-state index in [-0.39, 0.29) is 18.7 Å². The summed E-state index contributed by atoms with van der Waals surface area (Å²) in [6.45, 7) is 0.205. The Hall–Kier alpha value is -2.69. The largest absolute Gasteiger partial charge is 0.497 e. The van der Waals surface area contributed by atoms with Gasteiger partial charge in [0.15, 0.2) is 11.5 Å². The summed E-state index contributed by atoms with van der Waals surface area (Å²) in [4.78, 5) is 12.7. The molecule has 124 valence electrons. The van der Waals surface area contributed by atoms with Crippen LogP contribution in [-0.2, 0) is 0 Å². The standard InChI is InChI=1S/C19H19NO4/c1-22-15-7-4-13(5-8-15)18(12-2-3-12)20-19(21)14-6-9-16-17(10-14)24-11-23-16/h4-10,12,18H,2-3,11H2,1H3,(H,20,21)/t18-/m0/s1. The average Bonchev–Trinajstić information content (AvgIpc) is 3.35. The van der Waals surface area contributed by atoms with Gasteiger partial charge in [-0.05, 0) is 54.7 Å². The van der Waals surface area contributed by atoms with Gasteiger partial charge in [-0.3, -0.25) is 4.79 Å². The predicted octanol–water partition coefficient (Wildman–Crippen LogP) is 3.31. The Morgan fingerprint density at radius 3 is 2.58 bits per heavy atom. The first-order valence-corrected chi connectivity index (χ1v) is 8.09. The molecule has 1 atom stereocenters. The minimum absolute atomic E-state index is 0.0221. The summed E-state index contributed by atoms with van der Waals surface area (Å²) in [5.74, 6) is 2.52. The number of carbonyl (C=O) groups excluding carboxylic acids is 1. The van der Waals surface area contributed by atoms with E-state index in [2.05, 4.69) is 5.32 Å². The molecular formula is C19H19NO4. The molecule has 4 rings (SSSR count). The van der Waals surface area contributed by atoms with Crippen molar-refractivity contribution in [3.8, 4) is 17.2 Å². The van der Waals surface area contributed by atoms with Crippen molar-refractivity contribution in [2.75, 3.05) is 13.9 Å². The van der Waals surface area contributed by atoms with Gasteiger partial charge in [0.2, 0.25) is 6.79 Å². The van der Waals surface area contributed by atoms with Gasteiger partial charge >= 0.3 is 0 Å². The molecule has 1 amide bonds. The number of hydrogen-bond acceptors (Lipinski definition) is 4. The molecule has 1 N–H and O–H groups in total. The van der Waals surface area contributed by atoms with Crippen LogP contribution in [0.25, 0.3) is 0 Å². The fourth-order valence-corrected chi connectivity index (χ4v) is 2.98. The zero-order valence-electron chi connectivity index (χ0n) is 13.5. The van der Waals surface area contributed by atoms with Crippen LogP contribution in [-0.4, -0.2) is 19.8 Å². The van der Waals surface area contributed by atoms with Crippen LogP contribution in [0.4, 0.5) is 0 Å². The lowest BCUT2D eigenvalue weighted by Gasteiger charge is -2.19. The summed E-state index contributed by atoms with van der Waals surface area (Å²) in [5.41, 5.74) is 1.69. The van der Waals surface area contributed by atoms with Crippen LogP contribution in [0.3, 0.4) is 0 Å². The van der Waals surface area contributed by atoms with Gasteiger partial charge in [0.1, 0.15) is 5.75 Å². The van der Waals surface area contributed by atoms with Crippen molar-refractivity contribution in [2.45, 2.75) is 18.9 Å². The molecule has 1 aliphatic carbocycles. The van der Waals surface area contributed by atoms with Crippen LogP contribution in [0.15, 0.2) is 42.5 Å². The van der Waals surface area contributed by atoms with Gasteiger partial charge in [0.25, 0.3) is 5.91 Å². The average molecular weight is 325 g/mol. The number of carbonyl (C=O) groups is 1. The molecule has 1 fully saturated rings. The Kier molecular flexibility index (Phi) is 3.76. The third-order valence-corrected chi connectivity index (χ3v) is 4.49. The Morgan fingerprint density at radius 2 is 1.88 bits per heavy atom. The monoisotopic (exact) mass is 325 g/mol. The molecule has 0 unspecified atom stereocenters. The molecule has 0 radical (unpaired) electrons. The molecule has 2 aromatic rings. The van der Waals surface area contributed by atoms with E-state index in [1.807, 2.05) is 24.3 Å². The summed E-state index contributed by atoms with van der Waals surface area (Å²) >= 11 is 0. The number of ether oxygens (including phenoxy) is 3. The maximum Gasteiger partial charge on any atom is 0.251 e. The Bertz CT molecular complexity index is 752. The normalized spacial score (nSPS) is 16.5. The quantitative estimate of drug-likeness (QED) is 0.916. The van der Waals surface area contributed by atoms with Gasteiger partial charge in [-0.15, -0.1) is 0 Å². The molecular weight excluding hydrogens is 306 g/mol. The predicted molar refractivity (Wildman–Crippen MR) is 88.5 cm³/mol. The zero-order valence-corrected chi connectivity index (χ0v) is 13.5. The first kappa shape index (κ1) is 14.9. The van der Waals surface area contributed by atoms with Crippen molar-refractivity contribution in [1.29, 1.82) is 0 Å². The Labute approximate surface area is 140 Å². The Morgan fingerprint density at radius 1 is 1.12 bits per heavy atom. The molecule has 24 heavy (non-hydrogen) atoms. The van der Waals surface area contributed by atoms with E-state index in [1.54, 1.807) is 25.3 Å². The van der Waals surface area contributed by atoms with E-state index >= 15 is 0 Å². The molecule has 0 spiro atoms. The van der Waals surface area contributed by atoms with E-state index in [1.165, 1.54) is 0 Å². The number of rotatable bonds is 5. The lowest BCUT2D eigenvalue weighted by Crippen LogP contribution is -2.29. The van der Waals surface area contributed by atoms with E-state index in [0.29, 0.717) is 23.0 Å². The first-order chi connectivity index (χ1) is 11.7. The lowest BCUT2D eigenvalue weighted by molar-refractivity contribution is 0.0931. The van der Waals surface area contributed by atoms with Gasteiger partial charge in [0.05, 0.1) is 13.2 Å². The second kappa shape index (κ2) is 6.07. The summed E-state index contributed by atoms with van der Waals surface area (Å²) < 4.78 is 15.8. The van der Waals surface area contributed by atoms with E-state index < -0.39 is 0 Å². The van der Waals surface area contributed by atoms with Crippen LogP contribution in [0, 0.1) is 5.92 Å². The van der Waals surface area contributed by atoms with Crippen molar-refractivity contribution in [3.63, 3.8) is 0 Å². The number of hydrogen-bond donors (Lipinski definition) is 1. The topological polar surface area (TPSA) is 56.8 Å². The van der Waals surface area contributed by atoms with Crippen molar-refractivity contribution >= 4 is 5.91 Å². The molecule has 1 heterocycles. The smallest absolute Gasteiger partial charge is 0.251 e. The highest BCUT2D eigenvalue weighted by molar-refractivity contribution is 5.95. The van der Waals surface area contributed by atoms with E-state index in [9.17, 15) is 4.79 Å². The van der Waals surface area contributed by atoms with Gasteiger partial charge in [-0.25, -0.2) is 0 Å². The lowest BCUT2D eigenvalue weighted by atomic mass is 10.0. The minimum atomic E-state index is -0.0963. The van der Waals surface area contributed by atoms with Crippen molar-refractivity contribution < 1.29 is 19.0 Å². The maximum atomic E-state index is 12.7. The second-order valence-electron chi connectivity index (χ2n) is 6.13. The van der Waals surface area contributed by atoms with Crippen LogP contribution in [0.5, 0.6) is 17.2 Å². The number of fused-ring (bicyclic) bond motifs is 1. The molecule has 5 nitrogen and oxygen atoms in total. The molecule has 2 aliphatic rings. The highest BCUT2D eigenvalue weighted by Crippen LogP contribution is 2.41. The summed E-state index contributed by atoms with van der Waals surface area (Å²) in [6, 6.07) is 13.2. The van der Waals surface area contributed by atoms with Gasteiger partial charge < -0.3 is 19.5 Å². The van der Waals surface area contributed by atoms with Gasteiger partial charge in [0, 0.05) is 5.56 Å². The number of methoxy groups -OCH3 is 1. The summed E-state index contributed by atoms with van der Waals surface area (Å²) in [6.07, 6.45) is 2.27. The third-order valence-electron chi connectivity index (χ3n) is 4.49. The molecule has 1 aliphatic heterocycles. The third kappa shape index (κ3) is 2.89. The minimum Gasteiger partial charge on any atom is -0.497 e. The van der Waals surface area contributed by atoms with Gasteiger partial charge in [-0.1, -0.05) is 12.1 Å². The highest BCUT2D eigenvalue weighted by Gasteiger charge is 2.33. The van der Waals surface area contributed by atoms with Crippen molar-refractivity contribution in [3.05, 3.63) is 53.6 Å². The maximum absolute atomic E-state index is 12.7. The van der Waals surface area contributed by atoms with Crippen molar-refractivity contribution in [2.24, 2.45) is 5.92 Å². The molecule has 5 heteroatoms. The highest BCUT2D eigenvalue weighted by atomic mass is 16.7. The first-order valence-electron chi connectivity index (χ1n) is 8.09. The summed E-state index contributed by atoms with van der Waals surface area (Å²) in [7, 11) is 1.65.